The third kappa shape index (κ3) is 3.14. The molecule has 0 saturated heterocycles. The quantitative estimate of drug-likeness (QED) is 0.864. The van der Waals surface area contributed by atoms with Crippen LogP contribution >= 0.6 is 43.6 Å². The third-order valence-electron chi connectivity index (χ3n) is 2.87. The maximum atomic E-state index is 4.38. The molecule has 1 heterocycles. The van der Waals surface area contributed by atoms with Crippen molar-refractivity contribution in [2.45, 2.75) is 30.6 Å². The van der Waals surface area contributed by atoms with Crippen molar-refractivity contribution in [1.29, 1.82) is 0 Å². The van der Waals surface area contributed by atoms with Crippen LogP contribution in [0.1, 0.15) is 19.3 Å². The van der Waals surface area contributed by atoms with Gasteiger partial charge in [-0.25, -0.2) is 4.98 Å². The van der Waals surface area contributed by atoms with Gasteiger partial charge >= 0.3 is 0 Å². The van der Waals surface area contributed by atoms with Gasteiger partial charge in [0.1, 0.15) is 5.82 Å². The summed E-state index contributed by atoms with van der Waals surface area (Å²) in [5, 5.41) is 4.32. The highest BCUT2D eigenvalue weighted by Crippen LogP contribution is 2.32. The van der Waals surface area contributed by atoms with Crippen molar-refractivity contribution in [2.75, 3.05) is 11.6 Å². The Balaban J connectivity index is 1.99. The van der Waals surface area contributed by atoms with Gasteiger partial charge in [-0.3, -0.25) is 0 Å². The lowest BCUT2D eigenvalue weighted by atomic mass is 10.2. The molecular weight excluding hydrogens is 352 g/mol. The van der Waals surface area contributed by atoms with E-state index in [1.165, 1.54) is 19.3 Å². The molecule has 88 valence electrons. The predicted molar refractivity (Wildman–Crippen MR) is 78.2 cm³/mol. The van der Waals surface area contributed by atoms with E-state index in [1.807, 2.05) is 24.0 Å². The lowest BCUT2D eigenvalue weighted by Gasteiger charge is -2.14. The predicted octanol–water partition coefficient (Wildman–Crippen LogP) is 4.30. The van der Waals surface area contributed by atoms with Gasteiger partial charge < -0.3 is 5.32 Å². The number of nitrogens with zero attached hydrogens (tertiary/aromatic N) is 1. The Labute approximate surface area is 117 Å². The second-order valence-electron chi connectivity index (χ2n) is 4.00. The Bertz CT molecular complexity index is 373. The zero-order valence-electron chi connectivity index (χ0n) is 9.04. The number of hydrogen-bond donors (Lipinski definition) is 1. The van der Waals surface area contributed by atoms with Crippen LogP contribution in [0, 0.1) is 0 Å². The first-order valence-electron chi connectivity index (χ1n) is 5.29. The van der Waals surface area contributed by atoms with E-state index in [2.05, 4.69) is 48.4 Å². The average Bonchev–Trinajstić information content (AvgIpc) is 2.70. The Hall–Kier alpha value is 0.260. The maximum Gasteiger partial charge on any atom is 0.140 e. The highest BCUT2D eigenvalue weighted by molar-refractivity contribution is 9.11. The average molecular weight is 366 g/mol. The fraction of sp³-hybridized carbons (Fsp3) is 0.545. The first-order valence-corrected chi connectivity index (χ1v) is 8.17. The largest absolute Gasteiger partial charge is 0.366 e. The molecule has 16 heavy (non-hydrogen) atoms. The van der Waals surface area contributed by atoms with Gasteiger partial charge in [0.2, 0.25) is 0 Å². The van der Waals surface area contributed by atoms with Crippen LogP contribution in [0.4, 0.5) is 5.82 Å². The number of rotatable bonds is 3. The summed E-state index contributed by atoms with van der Waals surface area (Å²) in [6.07, 6.45) is 7.82. The summed E-state index contributed by atoms with van der Waals surface area (Å²) in [4.78, 5) is 4.38. The van der Waals surface area contributed by atoms with Crippen LogP contribution in [-0.4, -0.2) is 22.5 Å². The normalized spacial score (nSPS) is 24.7. The number of anilines is 1. The highest BCUT2D eigenvalue weighted by atomic mass is 79.9. The lowest BCUT2D eigenvalue weighted by Crippen LogP contribution is -2.17. The van der Waals surface area contributed by atoms with Gasteiger partial charge in [-0.15, -0.1) is 0 Å². The molecule has 1 aromatic heterocycles. The van der Waals surface area contributed by atoms with Crippen molar-refractivity contribution in [3.8, 4) is 0 Å². The molecular formula is C11H14Br2N2S. The van der Waals surface area contributed by atoms with Gasteiger partial charge in [0, 0.05) is 22.0 Å². The van der Waals surface area contributed by atoms with Crippen LogP contribution in [-0.2, 0) is 0 Å². The van der Waals surface area contributed by atoms with Gasteiger partial charge in [-0.2, -0.15) is 11.8 Å². The standard InChI is InChI=1S/C11H14Br2N2S/c1-16-9-3-2-8(5-9)15-11-10(13)4-7(12)6-14-11/h4,6,8-9H,2-3,5H2,1H3,(H,14,15). The van der Waals surface area contributed by atoms with Crippen molar-refractivity contribution in [1.82, 2.24) is 4.98 Å². The van der Waals surface area contributed by atoms with Gasteiger partial charge in [-0.05, 0) is 63.4 Å². The minimum atomic E-state index is 0.572. The zero-order valence-corrected chi connectivity index (χ0v) is 13.0. The van der Waals surface area contributed by atoms with Crippen LogP contribution in [0.3, 0.4) is 0 Å². The summed E-state index contributed by atoms with van der Waals surface area (Å²) in [5.74, 6) is 0.954. The van der Waals surface area contributed by atoms with Crippen molar-refractivity contribution in [2.24, 2.45) is 0 Å². The number of halogens is 2. The van der Waals surface area contributed by atoms with Crippen LogP contribution in [0.2, 0.25) is 0 Å². The molecule has 1 fully saturated rings. The molecule has 2 rings (SSSR count). The van der Waals surface area contributed by atoms with Gasteiger partial charge in [-0.1, -0.05) is 0 Å². The van der Waals surface area contributed by atoms with E-state index in [9.17, 15) is 0 Å². The van der Waals surface area contributed by atoms with E-state index in [1.54, 1.807) is 0 Å². The van der Waals surface area contributed by atoms with Crippen molar-refractivity contribution < 1.29 is 0 Å². The Morgan fingerprint density at radius 2 is 2.25 bits per heavy atom. The lowest BCUT2D eigenvalue weighted by molar-refractivity contribution is 0.751. The second kappa shape index (κ2) is 5.74. The monoisotopic (exact) mass is 364 g/mol. The SMILES string of the molecule is CSC1CCC(Nc2ncc(Br)cc2Br)C1. The second-order valence-corrected chi connectivity index (χ2v) is 6.90. The Kier molecular flexibility index (Phi) is 4.56. The maximum absolute atomic E-state index is 4.38. The molecule has 2 unspecified atom stereocenters. The summed E-state index contributed by atoms with van der Waals surface area (Å²) >= 11 is 8.91. The number of thioether (sulfide) groups is 1. The summed E-state index contributed by atoms with van der Waals surface area (Å²) in [5.41, 5.74) is 0. The summed E-state index contributed by atoms with van der Waals surface area (Å²) in [6, 6.07) is 2.60. The highest BCUT2D eigenvalue weighted by Gasteiger charge is 2.24. The van der Waals surface area contributed by atoms with E-state index in [-0.39, 0.29) is 0 Å². The molecule has 5 heteroatoms. The third-order valence-corrected chi connectivity index (χ3v) is 5.00. The molecule has 0 aliphatic heterocycles. The molecule has 0 amide bonds. The molecule has 0 spiro atoms. The van der Waals surface area contributed by atoms with E-state index in [4.69, 9.17) is 0 Å². The molecule has 2 atom stereocenters. The Morgan fingerprint density at radius 3 is 2.88 bits per heavy atom. The molecule has 2 nitrogen and oxygen atoms in total. The minimum Gasteiger partial charge on any atom is -0.366 e. The van der Waals surface area contributed by atoms with Gasteiger partial charge in [0.25, 0.3) is 0 Å². The molecule has 1 aliphatic carbocycles. The van der Waals surface area contributed by atoms with Crippen LogP contribution in [0.5, 0.6) is 0 Å². The molecule has 0 radical (unpaired) electrons. The van der Waals surface area contributed by atoms with Gasteiger partial charge in [0.05, 0.1) is 4.47 Å². The van der Waals surface area contributed by atoms with Crippen LogP contribution in [0.15, 0.2) is 21.2 Å². The number of pyridine rings is 1. The van der Waals surface area contributed by atoms with Crippen molar-refractivity contribution in [3.05, 3.63) is 21.2 Å². The van der Waals surface area contributed by atoms with E-state index < -0.39 is 0 Å². The fourth-order valence-electron chi connectivity index (χ4n) is 2.00. The van der Waals surface area contributed by atoms with E-state index in [0.29, 0.717) is 6.04 Å². The summed E-state index contributed by atoms with van der Waals surface area (Å²) < 4.78 is 2.02. The zero-order chi connectivity index (χ0) is 11.5. The number of aromatic nitrogens is 1. The number of nitrogens with one attached hydrogen (secondary N) is 1. The molecule has 0 bridgehead atoms. The van der Waals surface area contributed by atoms with Crippen molar-refractivity contribution >= 4 is 49.4 Å². The molecule has 1 N–H and O–H groups in total. The fourth-order valence-corrected chi connectivity index (χ4v) is 3.90. The smallest absolute Gasteiger partial charge is 0.140 e. The van der Waals surface area contributed by atoms with Crippen LogP contribution < -0.4 is 5.32 Å². The summed E-state index contributed by atoms with van der Waals surface area (Å²) in [7, 11) is 0. The first kappa shape index (κ1) is 12.7. The number of hydrogen-bond acceptors (Lipinski definition) is 3. The Morgan fingerprint density at radius 1 is 1.44 bits per heavy atom. The van der Waals surface area contributed by atoms with Gasteiger partial charge in [0.15, 0.2) is 0 Å². The van der Waals surface area contributed by atoms with Crippen molar-refractivity contribution in [3.63, 3.8) is 0 Å². The minimum absolute atomic E-state index is 0.572. The summed E-state index contributed by atoms with van der Waals surface area (Å²) in [6.45, 7) is 0. The van der Waals surface area contributed by atoms with E-state index in [0.717, 1.165) is 20.0 Å². The topological polar surface area (TPSA) is 24.9 Å². The van der Waals surface area contributed by atoms with E-state index >= 15 is 0 Å². The molecule has 1 saturated carbocycles. The molecule has 1 aromatic rings. The first-order chi connectivity index (χ1) is 7.69. The molecule has 0 aromatic carbocycles. The van der Waals surface area contributed by atoms with Crippen LogP contribution in [0.25, 0.3) is 0 Å². The molecule has 1 aliphatic rings.